The molecule has 2 N–H and O–H groups in total. The summed E-state index contributed by atoms with van der Waals surface area (Å²) in [5.41, 5.74) is 2.34. The molecular formula is C11H14O3. The third-order valence-corrected chi connectivity index (χ3v) is 2.74. The van der Waals surface area contributed by atoms with Crippen molar-refractivity contribution in [1.82, 2.24) is 0 Å². The van der Waals surface area contributed by atoms with Crippen LogP contribution in [-0.4, -0.2) is 16.3 Å². The Balaban J connectivity index is 2.54. The molecule has 76 valence electrons. The highest BCUT2D eigenvalue weighted by Gasteiger charge is 2.21. The Kier molecular flexibility index (Phi) is 2.11. The highest BCUT2D eigenvalue weighted by Crippen LogP contribution is 2.36. The van der Waals surface area contributed by atoms with E-state index in [2.05, 4.69) is 0 Å². The monoisotopic (exact) mass is 194 g/mol. The number of benzene rings is 1. The predicted octanol–water partition coefficient (Wildman–Crippen LogP) is 1.87. The lowest BCUT2D eigenvalue weighted by Gasteiger charge is -2.24. The van der Waals surface area contributed by atoms with Crippen molar-refractivity contribution in [3.63, 3.8) is 0 Å². The van der Waals surface area contributed by atoms with Gasteiger partial charge < -0.3 is 14.9 Å². The second-order valence-corrected chi connectivity index (χ2v) is 3.83. The van der Waals surface area contributed by atoms with Crippen LogP contribution in [0.2, 0.25) is 0 Å². The molecule has 0 bridgehead atoms. The molecule has 1 unspecified atom stereocenters. The summed E-state index contributed by atoms with van der Waals surface area (Å²) in [5.74, 6) is 0.335. The Labute approximate surface area is 83.0 Å². The average molecular weight is 194 g/mol. The van der Waals surface area contributed by atoms with E-state index in [4.69, 9.17) is 4.74 Å². The van der Waals surface area contributed by atoms with Gasteiger partial charge in [-0.05, 0) is 31.9 Å². The van der Waals surface area contributed by atoms with Crippen molar-refractivity contribution in [3.05, 3.63) is 22.8 Å². The van der Waals surface area contributed by atoms with Gasteiger partial charge in [0.1, 0.15) is 11.5 Å². The zero-order valence-electron chi connectivity index (χ0n) is 8.37. The van der Waals surface area contributed by atoms with E-state index in [1.165, 1.54) is 0 Å². The van der Waals surface area contributed by atoms with Crippen LogP contribution in [-0.2, 0) is 17.8 Å². The number of hydrogen-bond donors (Lipinski definition) is 2. The van der Waals surface area contributed by atoms with Gasteiger partial charge in [-0.2, -0.15) is 0 Å². The van der Waals surface area contributed by atoms with Crippen molar-refractivity contribution in [2.75, 3.05) is 0 Å². The Morgan fingerprint density at radius 2 is 2.14 bits per heavy atom. The van der Waals surface area contributed by atoms with Crippen LogP contribution < -0.4 is 0 Å². The standard InChI is InChI=1S/C11H14O3/c1-6-3-8-4-10(12)7(2)11(13)9(8)5-14-6/h4,6,12-13H,3,5H2,1-2H3. The maximum Gasteiger partial charge on any atom is 0.127 e. The van der Waals surface area contributed by atoms with Gasteiger partial charge in [-0.25, -0.2) is 0 Å². The van der Waals surface area contributed by atoms with Crippen molar-refractivity contribution >= 4 is 0 Å². The maximum absolute atomic E-state index is 9.77. The number of phenols is 2. The van der Waals surface area contributed by atoms with Crippen molar-refractivity contribution in [2.45, 2.75) is 33.0 Å². The molecule has 0 spiro atoms. The van der Waals surface area contributed by atoms with Crippen LogP contribution in [0, 0.1) is 6.92 Å². The molecule has 1 aromatic carbocycles. The fourth-order valence-electron chi connectivity index (χ4n) is 1.80. The molecule has 0 amide bonds. The van der Waals surface area contributed by atoms with E-state index in [0.717, 1.165) is 17.5 Å². The first-order valence-corrected chi connectivity index (χ1v) is 4.74. The summed E-state index contributed by atoms with van der Waals surface area (Å²) in [6, 6.07) is 1.73. The molecule has 1 aromatic rings. The normalized spacial score (nSPS) is 20.6. The molecule has 0 radical (unpaired) electrons. The first-order valence-electron chi connectivity index (χ1n) is 4.74. The Hall–Kier alpha value is -1.22. The van der Waals surface area contributed by atoms with Crippen LogP contribution in [0.1, 0.15) is 23.6 Å². The lowest BCUT2D eigenvalue weighted by atomic mass is 9.96. The molecule has 3 nitrogen and oxygen atoms in total. The van der Waals surface area contributed by atoms with E-state index in [1.807, 2.05) is 6.92 Å². The lowest BCUT2D eigenvalue weighted by molar-refractivity contribution is 0.0395. The highest BCUT2D eigenvalue weighted by atomic mass is 16.5. The van der Waals surface area contributed by atoms with Crippen LogP contribution in [0.15, 0.2) is 6.07 Å². The van der Waals surface area contributed by atoms with Gasteiger partial charge in [-0.1, -0.05) is 0 Å². The van der Waals surface area contributed by atoms with Gasteiger partial charge in [-0.3, -0.25) is 0 Å². The number of phenolic OH excluding ortho intramolecular Hbond substituents is 2. The maximum atomic E-state index is 9.77. The summed E-state index contributed by atoms with van der Waals surface area (Å²) >= 11 is 0. The lowest BCUT2D eigenvalue weighted by Crippen LogP contribution is -2.19. The van der Waals surface area contributed by atoms with Crippen molar-refractivity contribution in [3.8, 4) is 11.5 Å². The number of rotatable bonds is 0. The van der Waals surface area contributed by atoms with Gasteiger partial charge >= 0.3 is 0 Å². The van der Waals surface area contributed by atoms with Crippen molar-refractivity contribution in [2.24, 2.45) is 0 Å². The highest BCUT2D eigenvalue weighted by molar-refractivity contribution is 5.52. The molecular weight excluding hydrogens is 180 g/mol. The molecule has 1 aliphatic rings. The zero-order chi connectivity index (χ0) is 10.3. The molecule has 1 heterocycles. The summed E-state index contributed by atoms with van der Waals surface area (Å²) in [6.45, 7) is 4.11. The van der Waals surface area contributed by atoms with Gasteiger partial charge in [0.15, 0.2) is 0 Å². The van der Waals surface area contributed by atoms with Gasteiger partial charge in [0, 0.05) is 11.1 Å². The van der Waals surface area contributed by atoms with E-state index in [9.17, 15) is 10.2 Å². The molecule has 1 aliphatic heterocycles. The summed E-state index contributed by atoms with van der Waals surface area (Å²) in [6.07, 6.45) is 0.903. The molecule has 1 atom stereocenters. The van der Waals surface area contributed by atoms with E-state index in [0.29, 0.717) is 12.2 Å². The Morgan fingerprint density at radius 3 is 2.86 bits per heavy atom. The Bertz CT molecular complexity index is 371. The minimum absolute atomic E-state index is 0.156. The van der Waals surface area contributed by atoms with Gasteiger partial charge in [0.05, 0.1) is 12.7 Å². The van der Waals surface area contributed by atoms with Crippen LogP contribution in [0.4, 0.5) is 0 Å². The molecule has 0 saturated carbocycles. The third kappa shape index (κ3) is 1.34. The quantitative estimate of drug-likeness (QED) is 0.662. The molecule has 2 rings (SSSR count). The molecule has 0 saturated heterocycles. The summed E-state index contributed by atoms with van der Waals surface area (Å²) in [4.78, 5) is 0. The molecule has 0 fully saturated rings. The van der Waals surface area contributed by atoms with Crippen molar-refractivity contribution in [1.29, 1.82) is 0 Å². The number of aromatic hydroxyl groups is 2. The minimum atomic E-state index is 0.156. The van der Waals surface area contributed by atoms with Crippen molar-refractivity contribution < 1.29 is 14.9 Å². The summed E-state index contributed by atoms with van der Waals surface area (Å²) in [5, 5.41) is 19.3. The first kappa shape index (κ1) is 9.34. The zero-order valence-corrected chi connectivity index (χ0v) is 8.37. The fourth-order valence-corrected chi connectivity index (χ4v) is 1.80. The number of hydrogen-bond acceptors (Lipinski definition) is 3. The van der Waals surface area contributed by atoms with E-state index < -0.39 is 0 Å². The molecule has 14 heavy (non-hydrogen) atoms. The minimum Gasteiger partial charge on any atom is -0.508 e. The first-order chi connectivity index (χ1) is 6.59. The van der Waals surface area contributed by atoms with Gasteiger partial charge in [0.2, 0.25) is 0 Å². The Morgan fingerprint density at radius 1 is 1.43 bits per heavy atom. The summed E-state index contributed by atoms with van der Waals surface area (Å²) < 4.78 is 5.44. The van der Waals surface area contributed by atoms with E-state index in [-0.39, 0.29) is 17.6 Å². The predicted molar refractivity (Wildman–Crippen MR) is 52.5 cm³/mol. The van der Waals surface area contributed by atoms with E-state index in [1.54, 1.807) is 13.0 Å². The average Bonchev–Trinajstić information content (AvgIpc) is 2.14. The largest absolute Gasteiger partial charge is 0.508 e. The topological polar surface area (TPSA) is 49.7 Å². The molecule has 0 aliphatic carbocycles. The third-order valence-electron chi connectivity index (χ3n) is 2.74. The van der Waals surface area contributed by atoms with Crippen LogP contribution >= 0.6 is 0 Å². The van der Waals surface area contributed by atoms with Gasteiger partial charge in [0.25, 0.3) is 0 Å². The van der Waals surface area contributed by atoms with Crippen LogP contribution in [0.25, 0.3) is 0 Å². The molecule has 0 aromatic heterocycles. The fraction of sp³-hybridized carbons (Fsp3) is 0.455. The second-order valence-electron chi connectivity index (χ2n) is 3.83. The summed E-state index contributed by atoms with van der Waals surface area (Å²) in [7, 11) is 0. The second kappa shape index (κ2) is 3.17. The number of fused-ring (bicyclic) bond motifs is 1. The SMILES string of the molecule is Cc1c(O)cc2c(c1O)COC(C)C2. The smallest absolute Gasteiger partial charge is 0.127 e. The molecule has 3 heteroatoms. The van der Waals surface area contributed by atoms with Gasteiger partial charge in [-0.15, -0.1) is 0 Å². The van der Waals surface area contributed by atoms with Crippen LogP contribution in [0.3, 0.4) is 0 Å². The van der Waals surface area contributed by atoms with E-state index >= 15 is 0 Å². The number of ether oxygens (including phenoxy) is 1. The van der Waals surface area contributed by atoms with Crippen LogP contribution in [0.5, 0.6) is 11.5 Å².